The van der Waals surface area contributed by atoms with E-state index in [4.69, 9.17) is 12.2 Å². The fourth-order valence-corrected chi connectivity index (χ4v) is 3.80. The Bertz CT molecular complexity index is 1130. The van der Waals surface area contributed by atoms with Crippen LogP contribution in [-0.4, -0.2) is 51.2 Å². The van der Waals surface area contributed by atoms with Gasteiger partial charge in [0.2, 0.25) is 4.77 Å². The third kappa shape index (κ3) is 4.03. The Balaban J connectivity index is 1.42. The molecule has 0 radical (unpaired) electrons. The molecule has 1 saturated heterocycles. The van der Waals surface area contributed by atoms with E-state index in [1.54, 1.807) is 39.6 Å². The minimum atomic E-state index is -0.387. The molecule has 1 fully saturated rings. The standard InChI is InChI=1S/C21H21F2N5OS/c1-15(29)16-6-7-19(18(23)12-16)26-10-8-25(9-11-26)14-28-21(30)27(13-24-28)20-5-3-2-4-17(20)22/h2-7,12-13H,8-11,14H2,1H3. The van der Waals surface area contributed by atoms with Gasteiger partial charge >= 0.3 is 0 Å². The fourth-order valence-electron chi connectivity index (χ4n) is 3.55. The molecule has 0 N–H and O–H groups in total. The molecular weight excluding hydrogens is 408 g/mol. The number of ketones is 1. The lowest BCUT2D eigenvalue weighted by Crippen LogP contribution is -2.47. The van der Waals surface area contributed by atoms with Crippen LogP contribution >= 0.6 is 12.2 Å². The highest BCUT2D eigenvalue weighted by Crippen LogP contribution is 2.22. The van der Waals surface area contributed by atoms with Gasteiger partial charge in [-0.25, -0.2) is 13.5 Å². The van der Waals surface area contributed by atoms with Gasteiger partial charge in [0.1, 0.15) is 18.0 Å². The number of aromatic nitrogens is 3. The number of hydrogen-bond donors (Lipinski definition) is 0. The smallest absolute Gasteiger partial charge is 0.203 e. The van der Waals surface area contributed by atoms with Gasteiger partial charge < -0.3 is 4.90 Å². The quantitative estimate of drug-likeness (QED) is 0.458. The number of para-hydroxylation sites is 1. The summed E-state index contributed by atoms with van der Waals surface area (Å²) >= 11 is 5.47. The molecule has 0 amide bonds. The highest BCUT2D eigenvalue weighted by Gasteiger charge is 2.21. The first-order chi connectivity index (χ1) is 14.4. The SMILES string of the molecule is CC(=O)c1ccc(N2CCN(Cn3ncn(-c4ccccc4F)c3=S)CC2)c(F)c1. The van der Waals surface area contributed by atoms with Gasteiger partial charge in [0.15, 0.2) is 5.78 Å². The van der Waals surface area contributed by atoms with Gasteiger partial charge in [0, 0.05) is 31.7 Å². The number of halogens is 2. The van der Waals surface area contributed by atoms with E-state index in [9.17, 15) is 13.6 Å². The van der Waals surface area contributed by atoms with Crippen LogP contribution in [0, 0.1) is 16.4 Å². The van der Waals surface area contributed by atoms with Crippen LogP contribution in [0.15, 0.2) is 48.8 Å². The lowest BCUT2D eigenvalue weighted by atomic mass is 10.1. The van der Waals surface area contributed by atoms with Crippen molar-refractivity contribution < 1.29 is 13.6 Å². The van der Waals surface area contributed by atoms with Crippen molar-refractivity contribution in [3.8, 4) is 5.69 Å². The van der Waals surface area contributed by atoms with Crippen molar-refractivity contribution in [3.63, 3.8) is 0 Å². The molecule has 4 rings (SSSR count). The second-order valence-electron chi connectivity index (χ2n) is 7.20. The molecule has 0 unspecified atom stereocenters. The summed E-state index contributed by atoms with van der Waals surface area (Å²) in [4.78, 5) is 15.5. The summed E-state index contributed by atoms with van der Waals surface area (Å²) in [6.45, 7) is 4.56. The van der Waals surface area contributed by atoms with Crippen molar-refractivity contribution in [3.05, 3.63) is 70.8 Å². The zero-order valence-electron chi connectivity index (χ0n) is 16.5. The number of anilines is 1. The van der Waals surface area contributed by atoms with E-state index >= 15 is 0 Å². The minimum Gasteiger partial charge on any atom is -0.367 e. The number of benzene rings is 2. The van der Waals surface area contributed by atoms with E-state index in [1.165, 1.54) is 25.4 Å². The minimum absolute atomic E-state index is 0.156. The zero-order valence-corrected chi connectivity index (χ0v) is 17.3. The molecule has 0 spiro atoms. The van der Waals surface area contributed by atoms with Crippen molar-refractivity contribution in [2.75, 3.05) is 31.1 Å². The monoisotopic (exact) mass is 429 g/mol. The van der Waals surface area contributed by atoms with E-state index in [-0.39, 0.29) is 17.4 Å². The maximum atomic E-state index is 14.4. The number of piperazine rings is 1. The van der Waals surface area contributed by atoms with Crippen LogP contribution in [0.2, 0.25) is 0 Å². The van der Waals surface area contributed by atoms with Gasteiger partial charge in [-0.15, -0.1) is 0 Å². The highest BCUT2D eigenvalue weighted by atomic mass is 32.1. The Labute approximate surface area is 178 Å². The zero-order chi connectivity index (χ0) is 21.3. The van der Waals surface area contributed by atoms with Crippen molar-refractivity contribution in [1.29, 1.82) is 0 Å². The Morgan fingerprint density at radius 1 is 1.03 bits per heavy atom. The second-order valence-corrected chi connectivity index (χ2v) is 7.57. The lowest BCUT2D eigenvalue weighted by molar-refractivity contribution is 0.101. The Kier molecular flexibility index (Phi) is 5.74. The van der Waals surface area contributed by atoms with Crippen molar-refractivity contribution in [2.24, 2.45) is 0 Å². The maximum Gasteiger partial charge on any atom is 0.203 e. The van der Waals surface area contributed by atoms with E-state index < -0.39 is 0 Å². The molecule has 1 aliphatic rings. The van der Waals surface area contributed by atoms with E-state index in [2.05, 4.69) is 10.00 Å². The second kappa shape index (κ2) is 8.45. The molecule has 2 heterocycles. The molecule has 1 aromatic heterocycles. The van der Waals surface area contributed by atoms with Crippen LogP contribution < -0.4 is 4.90 Å². The first-order valence-electron chi connectivity index (χ1n) is 9.61. The first kappa shape index (κ1) is 20.4. The molecular formula is C21H21F2N5OS. The van der Waals surface area contributed by atoms with Gasteiger partial charge in [0.25, 0.3) is 0 Å². The Hall–Kier alpha value is -2.91. The lowest BCUT2D eigenvalue weighted by Gasteiger charge is -2.36. The number of carbonyl (C=O) groups is 1. The summed E-state index contributed by atoms with van der Waals surface area (Å²) in [5, 5.41) is 4.31. The summed E-state index contributed by atoms with van der Waals surface area (Å²) in [6.07, 6.45) is 1.52. The molecule has 30 heavy (non-hydrogen) atoms. The van der Waals surface area contributed by atoms with Gasteiger partial charge in [-0.2, -0.15) is 5.10 Å². The maximum absolute atomic E-state index is 14.4. The molecule has 0 saturated carbocycles. The molecule has 0 aliphatic carbocycles. The molecule has 0 atom stereocenters. The van der Waals surface area contributed by atoms with Gasteiger partial charge in [-0.3, -0.25) is 14.3 Å². The van der Waals surface area contributed by atoms with Crippen molar-refractivity contribution >= 4 is 23.7 Å². The number of hydrogen-bond acceptors (Lipinski definition) is 5. The molecule has 156 valence electrons. The average molecular weight is 429 g/mol. The van der Waals surface area contributed by atoms with Crippen LogP contribution in [0.4, 0.5) is 14.5 Å². The number of nitrogens with zero attached hydrogens (tertiary/aromatic N) is 5. The normalized spacial score (nSPS) is 14.8. The van der Waals surface area contributed by atoms with Crippen LogP contribution in [0.1, 0.15) is 17.3 Å². The molecule has 9 heteroatoms. The third-order valence-corrected chi connectivity index (χ3v) is 5.65. The largest absolute Gasteiger partial charge is 0.367 e. The number of rotatable bonds is 5. The van der Waals surface area contributed by atoms with Crippen LogP contribution in [0.5, 0.6) is 0 Å². The molecule has 3 aromatic rings. The molecule has 2 aromatic carbocycles. The summed E-state index contributed by atoms with van der Waals surface area (Å²) in [6, 6.07) is 11.0. The van der Waals surface area contributed by atoms with Crippen LogP contribution in [0.25, 0.3) is 5.69 Å². The Morgan fingerprint density at radius 3 is 2.43 bits per heavy atom. The van der Waals surface area contributed by atoms with Crippen molar-refractivity contribution in [2.45, 2.75) is 13.6 Å². The summed E-state index contributed by atoms with van der Waals surface area (Å²) < 4.78 is 32.1. The molecule has 6 nitrogen and oxygen atoms in total. The summed E-state index contributed by atoms with van der Waals surface area (Å²) in [5.41, 5.74) is 1.23. The van der Waals surface area contributed by atoms with Gasteiger partial charge in [-0.1, -0.05) is 12.1 Å². The number of Topliss-reactive ketones (excluding diaryl/α,β-unsaturated/α-hetero) is 1. The van der Waals surface area contributed by atoms with Crippen LogP contribution in [-0.2, 0) is 6.67 Å². The average Bonchev–Trinajstić information content (AvgIpc) is 3.09. The molecule has 1 aliphatic heterocycles. The number of carbonyl (C=O) groups excluding carboxylic acids is 1. The first-order valence-corrected chi connectivity index (χ1v) is 10.0. The predicted molar refractivity (Wildman–Crippen MR) is 113 cm³/mol. The predicted octanol–water partition coefficient (Wildman–Crippen LogP) is 3.66. The fraction of sp³-hybridized carbons (Fsp3) is 0.286. The van der Waals surface area contributed by atoms with E-state index in [0.29, 0.717) is 54.6 Å². The summed E-state index contributed by atoms with van der Waals surface area (Å²) in [5.74, 6) is -0.904. The summed E-state index contributed by atoms with van der Waals surface area (Å²) in [7, 11) is 0. The van der Waals surface area contributed by atoms with E-state index in [0.717, 1.165) is 0 Å². The Morgan fingerprint density at radius 2 is 1.77 bits per heavy atom. The highest BCUT2D eigenvalue weighted by molar-refractivity contribution is 7.71. The molecule has 0 bridgehead atoms. The van der Waals surface area contributed by atoms with E-state index in [1.807, 2.05) is 4.90 Å². The van der Waals surface area contributed by atoms with Gasteiger partial charge in [0.05, 0.1) is 18.0 Å². The van der Waals surface area contributed by atoms with Crippen LogP contribution in [0.3, 0.4) is 0 Å². The van der Waals surface area contributed by atoms with Gasteiger partial charge in [-0.05, 0) is 49.5 Å². The topological polar surface area (TPSA) is 46.3 Å². The van der Waals surface area contributed by atoms with Crippen molar-refractivity contribution in [1.82, 2.24) is 19.2 Å². The third-order valence-electron chi connectivity index (χ3n) is 5.25.